The fraction of sp³-hybridized carbons (Fsp3) is 0.222. The predicted molar refractivity (Wildman–Crippen MR) is 91.7 cm³/mol. The van der Waals surface area contributed by atoms with Gasteiger partial charge in [-0.15, -0.1) is 0 Å². The van der Waals surface area contributed by atoms with Crippen LogP contribution in [-0.2, 0) is 16.2 Å². The Bertz CT molecular complexity index is 1020. The summed E-state index contributed by atoms with van der Waals surface area (Å²) in [6.07, 6.45) is -1.91. The summed E-state index contributed by atoms with van der Waals surface area (Å²) in [7, 11) is -4.33. The van der Waals surface area contributed by atoms with Crippen LogP contribution in [0.2, 0.25) is 0 Å². The number of hydrogen-bond acceptors (Lipinski definition) is 4. The molecule has 0 fully saturated rings. The molecule has 2 aromatic rings. The van der Waals surface area contributed by atoms with Gasteiger partial charge in [0.1, 0.15) is 4.90 Å². The number of alkyl halides is 3. The molecular formula is C18H14F3N3O2S. The molecule has 0 aliphatic carbocycles. The summed E-state index contributed by atoms with van der Waals surface area (Å²) in [5.74, 6) is 0. The topological polar surface area (TPSA) is 74.1 Å². The van der Waals surface area contributed by atoms with E-state index in [2.05, 4.69) is 4.98 Å². The third-order valence-electron chi connectivity index (χ3n) is 4.21. The summed E-state index contributed by atoms with van der Waals surface area (Å²) in [6.45, 7) is 0.0181. The van der Waals surface area contributed by atoms with Gasteiger partial charge in [-0.05, 0) is 41.8 Å². The van der Waals surface area contributed by atoms with Crippen molar-refractivity contribution >= 4 is 15.6 Å². The van der Waals surface area contributed by atoms with Crippen LogP contribution in [0.3, 0.4) is 0 Å². The first kappa shape index (κ1) is 19.1. The van der Waals surface area contributed by atoms with Crippen molar-refractivity contribution in [3.05, 3.63) is 65.5 Å². The quantitative estimate of drug-likeness (QED) is 0.801. The van der Waals surface area contributed by atoms with E-state index in [9.17, 15) is 21.6 Å². The first-order valence-electron chi connectivity index (χ1n) is 7.95. The van der Waals surface area contributed by atoms with E-state index in [1.54, 1.807) is 30.3 Å². The van der Waals surface area contributed by atoms with Crippen molar-refractivity contribution in [3.63, 3.8) is 0 Å². The molecule has 0 bridgehead atoms. The van der Waals surface area contributed by atoms with Crippen molar-refractivity contribution in [1.82, 2.24) is 9.29 Å². The highest BCUT2D eigenvalue weighted by Crippen LogP contribution is 2.34. The Morgan fingerprint density at radius 1 is 1.15 bits per heavy atom. The molecule has 0 saturated carbocycles. The fourth-order valence-corrected chi connectivity index (χ4v) is 4.38. The molecule has 0 amide bonds. The first-order chi connectivity index (χ1) is 12.7. The number of nitriles is 1. The first-order valence-corrected chi connectivity index (χ1v) is 9.39. The molecule has 1 aliphatic rings. The summed E-state index contributed by atoms with van der Waals surface area (Å²) < 4.78 is 65.7. The molecule has 27 heavy (non-hydrogen) atoms. The van der Waals surface area contributed by atoms with Crippen LogP contribution >= 0.6 is 0 Å². The average Bonchev–Trinajstić information content (AvgIpc) is 2.67. The van der Waals surface area contributed by atoms with Gasteiger partial charge in [0.25, 0.3) is 0 Å². The third-order valence-corrected chi connectivity index (χ3v) is 6.11. The maximum absolute atomic E-state index is 13.1. The lowest BCUT2D eigenvalue weighted by atomic mass is 9.99. The Morgan fingerprint density at radius 2 is 1.85 bits per heavy atom. The van der Waals surface area contributed by atoms with Gasteiger partial charge in [-0.25, -0.2) is 8.42 Å². The molecule has 140 valence electrons. The number of nitrogens with zero attached hydrogens (tertiary/aromatic N) is 3. The Labute approximate surface area is 154 Å². The van der Waals surface area contributed by atoms with Crippen LogP contribution in [0.4, 0.5) is 13.2 Å². The lowest BCUT2D eigenvalue weighted by Crippen LogP contribution is -2.36. The highest BCUT2D eigenvalue weighted by Gasteiger charge is 2.40. The summed E-state index contributed by atoms with van der Waals surface area (Å²) in [4.78, 5) is 2.38. The second-order valence-corrected chi connectivity index (χ2v) is 7.79. The molecule has 0 saturated heterocycles. The van der Waals surface area contributed by atoms with Gasteiger partial charge in [-0.3, -0.25) is 4.98 Å². The molecule has 0 spiro atoms. The zero-order chi connectivity index (χ0) is 19.7. The van der Waals surface area contributed by atoms with Crippen LogP contribution in [0.15, 0.2) is 53.6 Å². The number of pyridine rings is 1. The van der Waals surface area contributed by atoms with Gasteiger partial charge < -0.3 is 0 Å². The van der Waals surface area contributed by atoms with Crippen molar-refractivity contribution in [2.75, 3.05) is 13.1 Å². The smallest absolute Gasteiger partial charge is 0.250 e. The van der Waals surface area contributed by atoms with Crippen LogP contribution < -0.4 is 0 Å². The van der Waals surface area contributed by atoms with Crippen molar-refractivity contribution in [2.24, 2.45) is 0 Å². The van der Waals surface area contributed by atoms with E-state index in [0.29, 0.717) is 12.0 Å². The number of rotatable bonds is 3. The monoisotopic (exact) mass is 393 g/mol. The maximum atomic E-state index is 13.1. The Hall–Kier alpha value is -2.70. The van der Waals surface area contributed by atoms with Crippen molar-refractivity contribution in [3.8, 4) is 6.07 Å². The van der Waals surface area contributed by atoms with Gasteiger partial charge in [-0.2, -0.15) is 22.7 Å². The average molecular weight is 393 g/mol. The molecule has 2 heterocycles. The molecule has 0 atom stereocenters. The van der Waals surface area contributed by atoms with Crippen molar-refractivity contribution in [2.45, 2.75) is 17.5 Å². The minimum absolute atomic E-state index is 0.0378. The maximum Gasteiger partial charge on any atom is 0.434 e. The lowest BCUT2D eigenvalue weighted by molar-refractivity contribution is -0.143. The number of halogens is 3. The Balaban J connectivity index is 1.87. The van der Waals surface area contributed by atoms with Gasteiger partial charge >= 0.3 is 6.18 Å². The normalized spacial score (nSPS) is 15.9. The lowest BCUT2D eigenvalue weighted by Gasteiger charge is -2.26. The van der Waals surface area contributed by atoms with E-state index < -0.39 is 26.8 Å². The molecule has 0 radical (unpaired) electrons. The standard InChI is InChI=1S/C18H14F3N3O2S/c19-18(20,21)17-16(2-1-9-23-17)27(25,26)24-10-7-15(8-11-24)14-5-3-13(12-22)4-6-14/h1-7,9H,8,10-11H2. The summed E-state index contributed by atoms with van der Waals surface area (Å²) in [5, 5.41) is 8.83. The van der Waals surface area contributed by atoms with E-state index in [1.807, 2.05) is 6.07 Å². The Kier molecular flexibility index (Phi) is 5.04. The number of sulfonamides is 1. The van der Waals surface area contributed by atoms with E-state index in [1.165, 1.54) is 6.07 Å². The van der Waals surface area contributed by atoms with Crippen LogP contribution in [0.5, 0.6) is 0 Å². The molecule has 3 rings (SSSR count). The van der Waals surface area contributed by atoms with Gasteiger partial charge in [0.05, 0.1) is 11.6 Å². The van der Waals surface area contributed by atoms with Gasteiger partial charge in [0.15, 0.2) is 5.69 Å². The molecule has 9 heteroatoms. The molecular weight excluding hydrogens is 379 g/mol. The van der Waals surface area contributed by atoms with Crippen LogP contribution in [0.1, 0.15) is 23.2 Å². The van der Waals surface area contributed by atoms with Crippen LogP contribution in [0.25, 0.3) is 5.57 Å². The second-order valence-electron chi connectivity index (χ2n) is 5.88. The largest absolute Gasteiger partial charge is 0.434 e. The number of hydrogen-bond donors (Lipinski definition) is 0. The molecule has 5 nitrogen and oxygen atoms in total. The van der Waals surface area contributed by atoms with Gasteiger partial charge in [0.2, 0.25) is 10.0 Å². The molecule has 0 N–H and O–H groups in total. The van der Waals surface area contributed by atoms with Gasteiger partial charge in [0, 0.05) is 19.3 Å². The highest BCUT2D eigenvalue weighted by atomic mass is 32.2. The van der Waals surface area contributed by atoms with Gasteiger partial charge in [-0.1, -0.05) is 18.2 Å². The molecule has 0 unspecified atom stereocenters. The predicted octanol–water partition coefficient (Wildman–Crippen LogP) is 3.45. The molecule has 1 aromatic carbocycles. The van der Waals surface area contributed by atoms with E-state index >= 15 is 0 Å². The SMILES string of the molecule is N#Cc1ccc(C2=CCN(S(=O)(=O)c3cccnc3C(F)(F)F)CC2)cc1. The molecule has 1 aliphatic heterocycles. The van der Waals surface area contributed by atoms with Crippen molar-refractivity contribution in [1.29, 1.82) is 5.26 Å². The summed E-state index contributed by atoms with van der Waals surface area (Å²) in [6, 6.07) is 10.9. The van der Waals surface area contributed by atoms with E-state index in [-0.39, 0.29) is 13.1 Å². The summed E-state index contributed by atoms with van der Waals surface area (Å²) in [5.41, 5.74) is 0.832. The second kappa shape index (κ2) is 7.13. The Morgan fingerprint density at radius 3 is 2.41 bits per heavy atom. The third kappa shape index (κ3) is 3.86. The van der Waals surface area contributed by atoms with E-state index in [4.69, 9.17) is 5.26 Å². The fourth-order valence-electron chi connectivity index (χ4n) is 2.84. The van der Waals surface area contributed by atoms with Crippen molar-refractivity contribution < 1.29 is 21.6 Å². The molecule has 1 aromatic heterocycles. The van der Waals surface area contributed by atoms with E-state index in [0.717, 1.165) is 27.7 Å². The zero-order valence-corrected chi connectivity index (χ0v) is 14.8. The number of benzene rings is 1. The highest BCUT2D eigenvalue weighted by molar-refractivity contribution is 7.89. The minimum atomic E-state index is -4.86. The number of aromatic nitrogens is 1. The zero-order valence-electron chi connectivity index (χ0n) is 13.9. The van der Waals surface area contributed by atoms with Crippen LogP contribution in [-0.4, -0.2) is 30.8 Å². The minimum Gasteiger partial charge on any atom is -0.250 e. The van der Waals surface area contributed by atoms with Crippen LogP contribution in [0, 0.1) is 11.3 Å². The summed E-state index contributed by atoms with van der Waals surface area (Å²) >= 11 is 0.